The fourth-order valence-electron chi connectivity index (χ4n) is 2.18. The first kappa shape index (κ1) is 12.0. The third kappa shape index (κ3) is 3.00. The van der Waals surface area contributed by atoms with Crippen LogP contribution in [-0.2, 0) is 13.0 Å². The SMILES string of the molecule is CCCCn1ccc(C)c1Cc1ccccc1. The molecule has 0 atom stereocenters. The van der Waals surface area contributed by atoms with Crippen LogP contribution in [0.5, 0.6) is 0 Å². The van der Waals surface area contributed by atoms with Gasteiger partial charge in [0.05, 0.1) is 0 Å². The Balaban J connectivity index is 2.17. The third-order valence-corrected chi connectivity index (χ3v) is 3.27. The smallest absolute Gasteiger partial charge is 0.0248 e. The molecule has 2 aromatic rings. The van der Waals surface area contributed by atoms with Crippen LogP contribution in [0, 0.1) is 6.92 Å². The maximum atomic E-state index is 2.41. The van der Waals surface area contributed by atoms with E-state index < -0.39 is 0 Å². The van der Waals surface area contributed by atoms with E-state index in [1.54, 1.807) is 0 Å². The van der Waals surface area contributed by atoms with Crippen molar-refractivity contribution in [1.29, 1.82) is 0 Å². The van der Waals surface area contributed by atoms with Crippen molar-refractivity contribution < 1.29 is 0 Å². The summed E-state index contributed by atoms with van der Waals surface area (Å²) in [5, 5.41) is 0. The van der Waals surface area contributed by atoms with Crippen LogP contribution >= 0.6 is 0 Å². The molecular formula is C16H21N. The van der Waals surface area contributed by atoms with Gasteiger partial charge in [0, 0.05) is 24.9 Å². The standard InChI is InChI=1S/C16H21N/c1-3-4-11-17-12-10-14(2)16(17)13-15-8-6-5-7-9-15/h5-10,12H,3-4,11,13H2,1-2H3. The van der Waals surface area contributed by atoms with Gasteiger partial charge in [-0.3, -0.25) is 0 Å². The highest BCUT2D eigenvalue weighted by Crippen LogP contribution is 2.16. The highest BCUT2D eigenvalue weighted by Gasteiger charge is 2.06. The van der Waals surface area contributed by atoms with Gasteiger partial charge in [-0.15, -0.1) is 0 Å². The summed E-state index contributed by atoms with van der Waals surface area (Å²) in [4.78, 5) is 0. The highest BCUT2D eigenvalue weighted by molar-refractivity contribution is 5.28. The number of unbranched alkanes of at least 4 members (excludes halogenated alkanes) is 1. The lowest BCUT2D eigenvalue weighted by Gasteiger charge is -2.10. The van der Waals surface area contributed by atoms with Gasteiger partial charge in [-0.1, -0.05) is 43.7 Å². The van der Waals surface area contributed by atoms with E-state index in [1.165, 1.54) is 29.7 Å². The van der Waals surface area contributed by atoms with E-state index in [0.717, 1.165) is 13.0 Å². The van der Waals surface area contributed by atoms with E-state index in [2.05, 4.69) is 61.0 Å². The molecule has 1 heterocycles. The minimum absolute atomic E-state index is 1.05. The first-order valence-corrected chi connectivity index (χ1v) is 6.49. The summed E-state index contributed by atoms with van der Waals surface area (Å²) in [5.74, 6) is 0. The average molecular weight is 227 g/mol. The lowest BCUT2D eigenvalue weighted by molar-refractivity contribution is 0.614. The van der Waals surface area contributed by atoms with Crippen LogP contribution in [0.15, 0.2) is 42.6 Å². The maximum Gasteiger partial charge on any atom is 0.0248 e. The summed E-state index contributed by atoms with van der Waals surface area (Å²) in [7, 11) is 0. The molecule has 0 aliphatic heterocycles. The molecule has 1 nitrogen and oxygen atoms in total. The molecule has 0 bridgehead atoms. The minimum Gasteiger partial charge on any atom is -0.351 e. The summed E-state index contributed by atoms with van der Waals surface area (Å²) < 4.78 is 2.41. The topological polar surface area (TPSA) is 4.93 Å². The van der Waals surface area contributed by atoms with Crippen LogP contribution in [0.3, 0.4) is 0 Å². The predicted octanol–water partition coefficient (Wildman–Crippen LogP) is 4.19. The molecular weight excluding hydrogens is 206 g/mol. The molecule has 0 aliphatic carbocycles. The van der Waals surface area contributed by atoms with Crippen molar-refractivity contribution in [1.82, 2.24) is 4.57 Å². The lowest BCUT2D eigenvalue weighted by Crippen LogP contribution is -2.03. The molecule has 2 rings (SSSR count). The van der Waals surface area contributed by atoms with E-state index in [4.69, 9.17) is 0 Å². The number of nitrogens with zero attached hydrogens (tertiary/aromatic N) is 1. The van der Waals surface area contributed by atoms with Crippen molar-refractivity contribution in [3.05, 3.63) is 59.4 Å². The second-order valence-electron chi connectivity index (χ2n) is 4.65. The summed E-state index contributed by atoms with van der Waals surface area (Å²) >= 11 is 0. The summed E-state index contributed by atoms with van der Waals surface area (Å²) in [6.45, 7) is 5.60. The highest BCUT2D eigenvalue weighted by atomic mass is 15.0. The predicted molar refractivity (Wildman–Crippen MR) is 73.3 cm³/mol. The Morgan fingerprint density at radius 3 is 2.53 bits per heavy atom. The largest absolute Gasteiger partial charge is 0.351 e. The van der Waals surface area contributed by atoms with Gasteiger partial charge >= 0.3 is 0 Å². The number of aryl methyl sites for hydroxylation is 2. The molecule has 0 N–H and O–H groups in total. The van der Waals surface area contributed by atoms with Crippen molar-refractivity contribution in [3.8, 4) is 0 Å². The van der Waals surface area contributed by atoms with E-state index >= 15 is 0 Å². The zero-order valence-electron chi connectivity index (χ0n) is 10.8. The summed E-state index contributed by atoms with van der Waals surface area (Å²) in [6, 6.07) is 12.9. The lowest BCUT2D eigenvalue weighted by atomic mass is 10.1. The van der Waals surface area contributed by atoms with Crippen LogP contribution in [0.1, 0.15) is 36.6 Å². The Hall–Kier alpha value is -1.50. The zero-order chi connectivity index (χ0) is 12.1. The van der Waals surface area contributed by atoms with Gasteiger partial charge in [-0.05, 0) is 30.5 Å². The molecule has 17 heavy (non-hydrogen) atoms. The number of benzene rings is 1. The Labute approximate surface area is 104 Å². The molecule has 0 spiro atoms. The third-order valence-electron chi connectivity index (χ3n) is 3.27. The van der Waals surface area contributed by atoms with Crippen molar-refractivity contribution in [3.63, 3.8) is 0 Å². The monoisotopic (exact) mass is 227 g/mol. The number of rotatable bonds is 5. The molecule has 0 unspecified atom stereocenters. The van der Waals surface area contributed by atoms with Gasteiger partial charge in [-0.2, -0.15) is 0 Å². The molecule has 0 aliphatic rings. The Kier molecular flexibility index (Phi) is 4.03. The van der Waals surface area contributed by atoms with Crippen LogP contribution < -0.4 is 0 Å². The van der Waals surface area contributed by atoms with E-state index in [1.807, 2.05) is 0 Å². The Morgan fingerprint density at radius 1 is 1.06 bits per heavy atom. The Morgan fingerprint density at radius 2 is 1.82 bits per heavy atom. The minimum atomic E-state index is 1.05. The molecule has 1 heteroatoms. The average Bonchev–Trinajstić information content (AvgIpc) is 2.70. The quantitative estimate of drug-likeness (QED) is 0.722. The van der Waals surface area contributed by atoms with E-state index in [0.29, 0.717) is 0 Å². The molecule has 90 valence electrons. The first-order valence-electron chi connectivity index (χ1n) is 6.49. The van der Waals surface area contributed by atoms with Crippen LogP contribution in [-0.4, -0.2) is 4.57 Å². The zero-order valence-corrected chi connectivity index (χ0v) is 10.8. The second-order valence-corrected chi connectivity index (χ2v) is 4.65. The first-order chi connectivity index (χ1) is 8.31. The normalized spacial score (nSPS) is 10.7. The van der Waals surface area contributed by atoms with Crippen molar-refractivity contribution in [2.45, 2.75) is 39.7 Å². The number of aromatic nitrogens is 1. The molecule has 0 saturated carbocycles. The summed E-state index contributed by atoms with van der Waals surface area (Å²) in [6.07, 6.45) is 5.78. The fraction of sp³-hybridized carbons (Fsp3) is 0.375. The van der Waals surface area contributed by atoms with Crippen LogP contribution in [0.2, 0.25) is 0 Å². The Bertz CT molecular complexity index is 454. The molecule has 1 aromatic heterocycles. The van der Waals surface area contributed by atoms with E-state index in [9.17, 15) is 0 Å². The van der Waals surface area contributed by atoms with Crippen LogP contribution in [0.25, 0.3) is 0 Å². The van der Waals surface area contributed by atoms with Gasteiger partial charge in [0.15, 0.2) is 0 Å². The van der Waals surface area contributed by atoms with E-state index in [-0.39, 0.29) is 0 Å². The number of hydrogen-bond acceptors (Lipinski definition) is 0. The van der Waals surface area contributed by atoms with Gasteiger partial charge < -0.3 is 4.57 Å². The van der Waals surface area contributed by atoms with Crippen molar-refractivity contribution >= 4 is 0 Å². The van der Waals surface area contributed by atoms with Crippen LogP contribution in [0.4, 0.5) is 0 Å². The molecule has 0 amide bonds. The number of hydrogen-bond donors (Lipinski definition) is 0. The summed E-state index contributed by atoms with van der Waals surface area (Å²) in [5.41, 5.74) is 4.27. The molecule has 0 radical (unpaired) electrons. The van der Waals surface area contributed by atoms with Crippen molar-refractivity contribution in [2.24, 2.45) is 0 Å². The molecule has 1 aromatic carbocycles. The maximum absolute atomic E-state index is 2.41. The van der Waals surface area contributed by atoms with Crippen molar-refractivity contribution in [2.75, 3.05) is 0 Å². The fourth-order valence-corrected chi connectivity index (χ4v) is 2.18. The molecule has 0 saturated heterocycles. The van der Waals surface area contributed by atoms with Gasteiger partial charge in [0.1, 0.15) is 0 Å². The van der Waals surface area contributed by atoms with Gasteiger partial charge in [0.2, 0.25) is 0 Å². The second kappa shape index (κ2) is 5.72. The van der Waals surface area contributed by atoms with Gasteiger partial charge in [0.25, 0.3) is 0 Å². The molecule has 0 fully saturated rings. The van der Waals surface area contributed by atoms with Gasteiger partial charge in [-0.25, -0.2) is 0 Å².